The molecule has 0 saturated heterocycles. The highest BCUT2D eigenvalue weighted by atomic mass is 79.9. The van der Waals surface area contributed by atoms with Crippen LogP contribution in [-0.2, 0) is 17.6 Å². The van der Waals surface area contributed by atoms with Crippen molar-refractivity contribution in [2.75, 3.05) is 13.2 Å². The van der Waals surface area contributed by atoms with Gasteiger partial charge in [0.05, 0.1) is 19.1 Å². The zero-order chi connectivity index (χ0) is 18.9. The van der Waals surface area contributed by atoms with Crippen LogP contribution in [0.3, 0.4) is 0 Å². The van der Waals surface area contributed by atoms with Crippen LogP contribution in [0, 0.1) is 0 Å². The fourth-order valence-electron chi connectivity index (χ4n) is 2.86. The lowest BCUT2D eigenvalue weighted by Crippen LogP contribution is -2.28. The molecule has 0 spiro atoms. The lowest BCUT2D eigenvalue weighted by molar-refractivity contribution is -0.121. The van der Waals surface area contributed by atoms with Crippen molar-refractivity contribution in [2.24, 2.45) is 0 Å². The van der Waals surface area contributed by atoms with Crippen LogP contribution < -0.4 is 10.1 Å². The van der Waals surface area contributed by atoms with E-state index in [0.29, 0.717) is 19.4 Å². The maximum absolute atomic E-state index is 12.5. The molecule has 4 nitrogen and oxygen atoms in total. The van der Waals surface area contributed by atoms with Crippen molar-refractivity contribution in [3.8, 4) is 5.75 Å². The monoisotopic (exact) mass is 419 g/mol. The van der Waals surface area contributed by atoms with E-state index in [9.17, 15) is 4.79 Å². The predicted molar refractivity (Wildman–Crippen MR) is 107 cm³/mol. The molecule has 0 fully saturated rings. The van der Waals surface area contributed by atoms with Crippen LogP contribution >= 0.6 is 15.9 Å². The standard InChI is InChI=1S/C21H26BrNO3/c1-3-16-7-4-5-8-17(16)13-21(25)23-15(2)19-10-9-18(22)14-20(19)26-12-6-11-24/h4-5,7-10,14-15,24H,3,6,11-13H2,1-2H3,(H,23,25)/t15-/m1/s1. The molecule has 0 radical (unpaired) electrons. The summed E-state index contributed by atoms with van der Waals surface area (Å²) >= 11 is 3.45. The lowest BCUT2D eigenvalue weighted by atomic mass is 10.0. The van der Waals surface area contributed by atoms with E-state index in [4.69, 9.17) is 9.84 Å². The summed E-state index contributed by atoms with van der Waals surface area (Å²) in [7, 11) is 0. The van der Waals surface area contributed by atoms with E-state index in [-0.39, 0.29) is 18.6 Å². The second-order valence-electron chi connectivity index (χ2n) is 6.20. The van der Waals surface area contributed by atoms with E-state index in [1.165, 1.54) is 5.56 Å². The van der Waals surface area contributed by atoms with Crippen LogP contribution in [0.4, 0.5) is 0 Å². The first-order valence-electron chi connectivity index (χ1n) is 8.94. The highest BCUT2D eigenvalue weighted by Crippen LogP contribution is 2.29. The van der Waals surface area contributed by atoms with Gasteiger partial charge in [0.1, 0.15) is 5.75 Å². The highest BCUT2D eigenvalue weighted by Gasteiger charge is 2.16. The normalized spacial score (nSPS) is 11.8. The summed E-state index contributed by atoms with van der Waals surface area (Å²) in [6.45, 7) is 4.57. The number of amides is 1. The molecule has 1 amide bonds. The number of carbonyl (C=O) groups is 1. The minimum Gasteiger partial charge on any atom is -0.493 e. The average Bonchev–Trinajstić information content (AvgIpc) is 2.62. The van der Waals surface area contributed by atoms with Gasteiger partial charge >= 0.3 is 0 Å². The molecule has 5 heteroatoms. The number of halogens is 1. The summed E-state index contributed by atoms with van der Waals surface area (Å²) in [6, 6.07) is 13.6. The molecule has 0 unspecified atom stereocenters. The molecule has 1 atom stereocenters. The van der Waals surface area contributed by atoms with Gasteiger partial charge in [-0.2, -0.15) is 0 Å². The third kappa shape index (κ3) is 5.85. The number of rotatable bonds is 9. The van der Waals surface area contributed by atoms with Crippen LogP contribution in [-0.4, -0.2) is 24.2 Å². The number of hydrogen-bond acceptors (Lipinski definition) is 3. The first-order chi connectivity index (χ1) is 12.5. The first kappa shape index (κ1) is 20.5. The minimum atomic E-state index is -0.173. The molecule has 0 saturated carbocycles. The van der Waals surface area contributed by atoms with E-state index < -0.39 is 0 Å². The van der Waals surface area contributed by atoms with Gasteiger partial charge in [-0.3, -0.25) is 4.79 Å². The topological polar surface area (TPSA) is 58.6 Å². The molecule has 0 heterocycles. The summed E-state index contributed by atoms with van der Waals surface area (Å²) < 4.78 is 6.69. The molecule has 2 aromatic carbocycles. The van der Waals surface area contributed by atoms with Crippen molar-refractivity contribution in [1.29, 1.82) is 0 Å². The Balaban J connectivity index is 2.06. The smallest absolute Gasteiger partial charge is 0.224 e. The molecule has 2 rings (SSSR count). The Kier molecular flexibility index (Phi) is 8.13. The van der Waals surface area contributed by atoms with Crippen LogP contribution in [0.1, 0.15) is 43.0 Å². The summed E-state index contributed by atoms with van der Waals surface area (Å²) in [5.41, 5.74) is 3.19. The fourth-order valence-corrected chi connectivity index (χ4v) is 3.20. The third-order valence-corrected chi connectivity index (χ3v) is 4.72. The van der Waals surface area contributed by atoms with Crippen molar-refractivity contribution in [1.82, 2.24) is 5.32 Å². The second-order valence-corrected chi connectivity index (χ2v) is 7.11. The molecular formula is C21H26BrNO3. The van der Waals surface area contributed by atoms with E-state index in [0.717, 1.165) is 27.8 Å². The molecule has 0 aliphatic heterocycles. The number of benzene rings is 2. The zero-order valence-electron chi connectivity index (χ0n) is 15.3. The summed E-state index contributed by atoms with van der Waals surface area (Å²) in [5.74, 6) is 0.706. The Morgan fingerprint density at radius 3 is 2.65 bits per heavy atom. The molecule has 26 heavy (non-hydrogen) atoms. The summed E-state index contributed by atoms with van der Waals surface area (Å²) in [4.78, 5) is 12.5. The maximum atomic E-state index is 12.5. The quantitative estimate of drug-likeness (QED) is 0.598. The van der Waals surface area contributed by atoms with Crippen molar-refractivity contribution in [2.45, 2.75) is 39.2 Å². The fraction of sp³-hybridized carbons (Fsp3) is 0.381. The van der Waals surface area contributed by atoms with Gasteiger partial charge in [-0.25, -0.2) is 0 Å². The van der Waals surface area contributed by atoms with Gasteiger partial charge in [-0.05, 0) is 36.6 Å². The van der Waals surface area contributed by atoms with Gasteiger partial charge in [0, 0.05) is 23.1 Å². The molecule has 0 aliphatic carbocycles. The number of carbonyl (C=O) groups excluding carboxylic acids is 1. The Morgan fingerprint density at radius 2 is 1.96 bits per heavy atom. The summed E-state index contributed by atoms with van der Waals surface area (Å²) in [5, 5.41) is 12.0. The predicted octanol–water partition coefficient (Wildman–Crippen LogP) is 4.19. The Bertz CT molecular complexity index is 733. The van der Waals surface area contributed by atoms with Gasteiger partial charge in [0.25, 0.3) is 0 Å². The molecular weight excluding hydrogens is 394 g/mol. The number of aliphatic hydroxyl groups excluding tert-OH is 1. The molecule has 0 aliphatic rings. The van der Waals surface area contributed by atoms with Gasteiger partial charge in [0.15, 0.2) is 0 Å². The molecule has 2 N–H and O–H groups in total. The van der Waals surface area contributed by atoms with Gasteiger partial charge < -0.3 is 15.2 Å². The van der Waals surface area contributed by atoms with Crippen molar-refractivity contribution in [3.63, 3.8) is 0 Å². The molecule has 0 bridgehead atoms. The van der Waals surface area contributed by atoms with Gasteiger partial charge in [0.2, 0.25) is 5.91 Å². The van der Waals surface area contributed by atoms with Crippen molar-refractivity contribution < 1.29 is 14.6 Å². The Hall–Kier alpha value is -1.85. The Labute approximate surface area is 163 Å². The Morgan fingerprint density at radius 1 is 1.23 bits per heavy atom. The first-order valence-corrected chi connectivity index (χ1v) is 9.73. The molecule has 140 valence electrons. The number of nitrogens with one attached hydrogen (secondary N) is 1. The van der Waals surface area contributed by atoms with E-state index >= 15 is 0 Å². The number of aryl methyl sites for hydroxylation is 1. The number of aliphatic hydroxyl groups is 1. The maximum Gasteiger partial charge on any atom is 0.224 e. The van der Waals surface area contributed by atoms with Crippen LogP contribution in [0.5, 0.6) is 5.75 Å². The third-order valence-electron chi connectivity index (χ3n) is 4.23. The van der Waals surface area contributed by atoms with E-state index in [2.05, 4.69) is 34.2 Å². The SMILES string of the molecule is CCc1ccccc1CC(=O)N[C@H](C)c1ccc(Br)cc1OCCCO. The largest absolute Gasteiger partial charge is 0.493 e. The minimum absolute atomic E-state index is 0.0115. The van der Waals surface area contributed by atoms with E-state index in [1.54, 1.807) is 0 Å². The number of hydrogen-bond donors (Lipinski definition) is 2. The zero-order valence-corrected chi connectivity index (χ0v) is 16.9. The average molecular weight is 420 g/mol. The second kappa shape index (κ2) is 10.3. The number of ether oxygens (including phenoxy) is 1. The van der Waals surface area contributed by atoms with Crippen molar-refractivity contribution in [3.05, 3.63) is 63.6 Å². The van der Waals surface area contributed by atoms with Crippen LogP contribution in [0.15, 0.2) is 46.9 Å². The van der Waals surface area contributed by atoms with Crippen LogP contribution in [0.2, 0.25) is 0 Å². The van der Waals surface area contributed by atoms with Gasteiger partial charge in [-0.1, -0.05) is 53.2 Å². The molecule has 0 aromatic heterocycles. The van der Waals surface area contributed by atoms with Crippen molar-refractivity contribution >= 4 is 21.8 Å². The van der Waals surface area contributed by atoms with E-state index in [1.807, 2.05) is 43.3 Å². The summed E-state index contributed by atoms with van der Waals surface area (Å²) in [6.07, 6.45) is 1.85. The highest BCUT2D eigenvalue weighted by molar-refractivity contribution is 9.10. The lowest BCUT2D eigenvalue weighted by Gasteiger charge is -2.19. The molecule has 2 aromatic rings. The van der Waals surface area contributed by atoms with Crippen LogP contribution in [0.25, 0.3) is 0 Å². The van der Waals surface area contributed by atoms with Gasteiger partial charge in [-0.15, -0.1) is 0 Å².